The molecule has 8 heteroatoms. The Morgan fingerprint density at radius 2 is 1.80 bits per heavy atom. The monoisotopic (exact) mass is 411 g/mol. The van der Waals surface area contributed by atoms with Crippen molar-refractivity contribution in [2.45, 2.75) is 13.5 Å². The zero-order valence-corrected chi connectivity index (χ0v) is 17.3. The van der Waals surface area contributed by atoms with Gasteiger partial charge in [0.1, 0.15) is 6.61 Å². The van der Waals surface area contributed by atoms with Crippen molar-refractivity contribution >= 4 is 23.0 Å². The van der Waals surface area contributed by atoms with Gasteiger partial charge in [-0.05, 0) is 56.9 Å². The number of fused-ring (bicyclic) bond motifs is 1. The van der Waals surface area contributed by atoms with Crippen molar-refractivity contribution in [3.05, 3.63) is 59.2 Å². The summed E-state index contributed by atoms with van der Waals surface area (Å²) in [6, 6.07) is 12.3. The largest absolute Gasteiger partial charge is 0.478 e. The molecule has 8 nitrogen and oxygen atoms in total. The quantitative estimate of drug-likeness (QED) is 0.541. The van der Waals surface area contributed by atoms with Gasteiger partial charge in [-0.15, -0.1) is 0 Å². The molecule has 0 saturated carbocycles. The number of hydrogen-bond donors (Lipinski definition) is 1. The van der Waals surface area contributed by atoms with E-state index in [-0.39, 0.29) is 11.5 Å². The van der Waals surface area contributed by atoms with Gasteiger partial charge < -0.3 is 19.5 Å². The van der Waals surface area contributed by atoms with Crippen molar-refractivity contribution in [3.8, 4) is 6.01 Å². The molecular weight excluding hydrogens is 386 g/mol. The summed E-state index contributed by atoms with van der Waals surface area (Å²) in [7, 11) is 3.83. The van der Waals surface area contributed by atoms with Gasteiger partial charge in [-0.3, -0.25) is 4.57 Å². The number of carboxylic acids is 1. The van der Waals surface area contributed by atoms with Gasteiger partial charge in [-0.1, -0.05) is 12.1 Å². The molecule has 1 heterocycles. The predicted octanol–water partition coefficient (Wildman–Crippen LogP) is 2.90. The van der Waals surface area contributed by atoms with Crippen LogP contribution >= 0.6 is 0 Å². The molecule has 0 amide bonds. The Morgan fingerprint density at radius 3 is 2.43 bits per heavy atom. The maximum absolute atomic E-state index is 12.1. The van der Waals surface area contributed by atoms with Crippen molar-refractivity contribution in [2.75, 3.05) is 33.9 Å². The van der Waals surface area contributed by atoms with Crippen LogP contribution in [-0.4, -0.2) is 65.3 Å². The van der Waals surface area contributed by atoms with E-state index in [9.17, 15) is 14.7 Å². The maximum Gasteiger partial charge on any atom is 0.338 e. The number of aromatic carboxylic acids is 1. The summed E-state index contributed by atoms with van der Waals surface area (Å²) in [5, 5.41) is 9.30. The highest BCUT2D eigenvalue weighted by atomic mass is 16.5. The van der Waals surface area contributed by atoms with E-state index in [2.05, 4.69) is 4.98 Å². The van der Waals surface area contributed by atoms with E-state index in [1.54, 1.807) is 24.3 Å². The number of carboxylic acid groups (broad SMARTS) is 1. The molecule has 3 aromatic rings. The van der Waals surface area contributed by atoms with E-state index in [0.717, 1.165) is 5.56 Å². The van der Waals surface area contributed by atoms with Crippen LogP contribution in [0.3, 0.4) is 0 Å². The van der Waals surface area contributed by atoms with Crippen LogP contribution in [0.4, 0.5) is 0 Å². The highest BCUT2D eigenvalue weighted by Crippen LogP contribution is 2.24. The van der Waals surface area contributed by atoms with Gasteiger partial charge >= 0.3 is 11.9 Å². The predicted molar refractivity (Wildman–Crippen MR) is 112 cm³/mol. The minimum atomic E-state index is -1.00. The minimum absolute atomic E-state index is 0.183. The number of benzene rings is 2. The summed E-state index contributed by atoms with van der Waals surface area (Å²) in [5.41, 5.74) is 2.91. The second kappa shape index (κ2) is 9.41. The molecular formula is C22H25N3O5. The Morgan fingerprint density at radius 1 is 1.10 bits per heavy atom. The van der Waals surface area contributed by atoms with Crippen molar-refractivity contribution in [1.29, 1.82) is 0 Å². The average Bonchev–Trinajstić information content (AvgIpc) is 3.05. The third kappa shape index (κ3) is 4.96. The van der Waals surface area contributed by atoms with E-state index in [0.29, 0.717) is 48.9 Å². The molecule has 3 rings (SSSR count). The first-order valence-electron chi connectivity index (χ1n) is 9.66. The number of carbonyl (C=O) groups is 2. The van der Waals surface area contributed by atoms with E-state index in [1.807, 2.05) is 42.6 Å². The number of carbonyl (C=O) groups excluding carboxylic acids is 1. The molecule has 0 aliphatic carbocycles. The minimum Gasteiger partial charge on any atom is -0.478 e. The van der Waals surface area contributed by atoms with Crippen molar-refractivity contribution in [3.63, 3.8) is 0 Å². The van der Waals surface area contributed by atoms with Crippen molar-refractivity contribution < 1.29 is 24.2 Å². The molecule has 2 aromatic carbocycles. The lowest BCUT2D eigenvalue weighted by Gasteiger charge is -2.11. The van der Waals surface area contributed by atoms with Crippen LogP contribution in [0.15, 0.2) is 42.5 Å². The van der Waals surface area contributed by atoms with Crippen LogP contribution in [0.25, 0.3) is 11.0 Å². The lowest BCUT2D eigenvalue weighted by Crippen LogP contribution is -2.20. The Bertz CT molecular complexity index is 1040. The van der Waals surface area contributed by atoms with Gasteiger partial charge in [-0.25, -0.2) is 9.59 Å². The van der Waals surface area contributed by atoms with Gasteiger partial charge in [0.25, 0.3) is 6.01 Å². The molecule has 0 saturated heterocycles. The van der Waals surface area contributed by atoms with Crippen LogP contribution in [-0.2, 0) is 11.3 Å². The highest BCUT2D eigenvalue weighted by Gasteiger charge is 2.15. The van der Waals surface area contributed by atoms with E-state index < -0.39 is 5.97 Å². The van der Waals surface area contributed by atoms with Crippen molar-refractivity contribution in [2.24, 2.45) is 0 Å². The number of rotatable bonds is 9. The molecule has 30 heavy (non-hydrogen) atoms. The lowest BCUT2D eigenvalue weighted by molar-refractivity contribution is 0.0481. The van der Waals surface area contributed by atoms with Crippen LogP contribution in [0.2, 0.25) is 0 Å². The van der Waals surface area contributed by atoms with Crippen LogP contribution < -0.4 is 4.74 Å². The van der Waals surface area contributed by atoms with Gasteiger partial charge in [0.15, 0.2) is 0 Å². The van der Waals surface area contributed by atoms with E-state index >= 15 is 0 Å². The first-order chi connectivity index (χ1) is 14.4. The number of esters is 1. The fourth-order valence-electron chi connectivity index (χ4n) is 2.96. The Kier molecular flexibility index (Phi) is 6.68. The standard InChI is InChI=1S/C22H25N3O5/c1-4-29-22-23-18-10-9-17(20(26)27)13-19(18)25(22)14-15-5-7-16(8-6-15)21(28)30-12-11-24(2)3/h5-10,13H,4,11-12,14H2,1-3H3,(H,26,27). The summed E-state index contributed by atoms with van der Waals surface area (Å²) in [5.74, 6) is -1.36. The fraction of sp³-hybridized carbons (Fsp3) is 0.318. The van der Waals surface area contributed by atoms with E-state index in [1.165, 1.54) is 6.07 Å². The zero-order valence-electron chi connectivity index (χ0n) is 17.3. The molecule has 0 spiro atoms. The Balaban J connectivity index is 1.82. The Labute approximate surface area is 174 Å². The normalized spacial score (nSPS) is 11.1. The summed E-state index contributed by atoms with van der Waals surface area (Å²) in [6.45, 7) is 3.72. The molecule has 158 valence electrons. The molecule has 0 unspecified atom stereocenters. The highest BCUT2D eigenvalue weighted by molar-refractivity contribution is 5.92. The number of imidazole rings is 1. The third-order valence-corrected chi connectivity index (χ3v) is 4.54. The van der Waals surface area contributed by atoms with Crippen molar-refractivity contribution in [1.82, 2.24) is 14.5 Å². The summed E-state index contributed by atoms with van der Waals surface area (Å²) < 4.78 is 12.7. The lowest BCUT2D eigenvalue weighted by atomic mass is 10.1. The number of nitrogens with zero attached hydrogens (tertiary/aromatic N) is 3. The smallest absolute Gasteiger partial charge is 0.338 e. The fourth-order valence-corrected chi connectivity index (χ4v) is 2.96. The number of hydrogen-bond acceptors (Lipinski definition) is 6. The van der Waals surface area contributed by atoms with E-state index in [4.69, 9.17) is 9.47 Å². The topological polar surface area (TPSA) is 93.9 Å². The Hall–Kier alpha value is -3.39. The van der Waals surface area contributed by atoms with Crippen LogP contribution in [0.1, 0.15) is 33.2 Å². The molecule has 0 bridgehead atoms. The van der Waals surface area contributed by atoms with Gasteiger partial charge in [0.05, 0.1) is 35.3 Å². The SMILES string of the molecule is CCOc1nc2ccc(C(=O)O)cc2n1Cc1ccc(C(=O)OCCN(C)C)cc1. The molecule has 0 aliphatic rings. The summed E-state index contributed by atoms with van der Waals surface area (Å²) in [6.07, 6.45) is 0. The zero-order chi connectivity index (χ0) is 21.7. The second-order valence-electron chi connectivity index (χ2n) is 7.06. The number of aromatic nitrogens is 2. The third-order valence-electron chi connectivity index (χ3n) is 4.54. The van der Waals surface area contributed by atoms with Crippen LogP contribution in [0, 0.1) is 0 Å². The van der Waals surface area contributed by atoms with Gasteiger partial charge in [0, 0.05) is 6.54 Å². The summed E-state index contributed by atoms with van der Waals surface area (Å²) in [4.78, 5) is 29.9. The molecule has 1 aromatic heterocycles. The molecule has 0 atom stereocenters. The summed E-state index contributed by atoms with van der Waals surface area (Å²) >= 11 is 0. The van der Waals surface area contributed by atoms with Gasteiger partial charge in [-0.2, -0.15) is 4.98 Å². The molecule has 0 aliphatic heterocycles. The molecule has 0 fully saturated rings. The van der Waals surface area contributed by atoms with Gasteiger partial charge in [0.2, 0.25) is 0 Å². The number of likely N-dealkylation sites (N-methyl/N-ethyl adjacent to an activating group) is 1. The average molecular weight is 411 g/mol. The second-order valence-corrected chi connectivity index (χ2v) is 7.06. The van der Waals surface area contributed by atoms with Crippen LogP contribution in [0.5, 0.6) is 6.01 Å². The molecule has 0 radical (unpaired) electrons. The first kappa shape index (κ1) is 21.3. The molecule has 1 N–H and O–H groups in total. The maximum atomic E-state index is 12.1. The first-order valence-corrected chi connectivity index (χ1v) is 9.66. The number of ether oxygens (including phenoxy) is 2.